The van der Waals surface area contributed by atoms with E-state index in [-0.39, 0.29) is 24.1 Å². The van der Waals surface area contributed by atoms with E-state index in [1.165, 1.54) is 24.3 Å². The summed E-state index contributed by atoms with van der Waals surface area (Å²) < 4.78 is 17.5. The molecule has 0 aliphatic heterocycles. The molecule has 2 N–H and O–H groups in total. The van der Waals surface area contributed by atoms with Gasteiger partial charge in [-0.05, 0) is 30.7 Å². The molecule has 3 nitrogen and oxygen atoms in total. The van der Waals surface area contributed by atoms with Crippen molar-refractivity contribution in [3.8, 4) is 0 Å². The number of nitrogens with two attached hydrogens (primary N) is 1. The fourth-order valence-electron chi connectivity index (χ4n) is 1.36. The molecular formula is C12H16FNO2. The highest BCUT2D eigenvalue weighted by Crippen LogP contribution is 2.08. The van der Waals surface area contributed by atoms with Crippen LogP contribution in [0.4, 0.5) is 4.39 Å². The second-order valence-electron chi connectivity index (χ2n) is 3.68. The van der Waals surface area contributed by atoms with Crippen LogP contribution < -0.4 is 5.73 Å². The molecule has 0 saturated heterocycles. The summed E-state index contributed by atoms with van der Waals surface area (Å²) in [4.78, 5) is 11.7. The Morgan fingerprint density at radius 2 is 2.06 bits per heavy atom. The fourth-order valence-corrected chi connectivity index (χ4v) is 1.36. The van der Waals surface area contributed by atoms with Crippen molar-refractivity contribution in [2.24, 2.45) is 5.73 Å². The Morgan fingerprint density at radius 3 is 2.62 bits per heavy atom. The van der Waals surface area contributed by atoms with Crippen LogP contribution in [0.3, 0.4) is 0 Å². The smallest absolute Gasteiger partial charge is 0.164 e. The van der Waals surface area contributed by atoms with Crippen LogP contribution in [0.2, 0.25) is 0 Å². The molecule has 0 aliphatic rings. The van der Waals surface area contributed by atoms with Gasteiger partial charge in [-0.3, -0.25) is 4.79 Å². The zero-order valence-electron chi connectivity index (χ0n) is 9.28. The van der Waals surface area contributed by atoms with Crippen molar-refractivity contribution < 1.29 is 13.9 Å². The topological polar surface area (TPSA) is 52.3 Å². The van der Waals surface area contributed by atoms with Gasteiger partial charge in [0.1, 0.15) is 5.82 Å². The lowest BCUT2D eigenvalue weighted by Crippen LogP contribution is -2.25. The SMILES string of the molecule is COCCC(N)CC(=O)c1ccc(F)cc1. The van der Waals surface area contributed by atoms with Gasteiger partial charge in [-0.15, -0.1) is 0 Å². The summed E-state index contributed by atoms with van der Waals surface area (Å²) in [6, 6.07) is 5.28. The zero-order chi connectivity index (χ0) is 12.0. The molecule has 0 radical (unpaired) electrons. The molecule has 1 aromatic rings. The van der Waals surface area contributed by atoms with Crippen LogP contribution >= 0.6 is 0 Å². The van der Waals surface area contributed by atoms with E-state index < -0.39 is 0 Å². The van der Waals surface area contributed by atoms with Gasteiger partial charge in [0.05, 0.1) is 0 Å². The number of Topliss-reactive ketones (excluding diaryl/α,β-unsaturated/α-hetero) is 1. The minimum atomic E-state index is -0.347. The van der Waals surface area contributed by atoms with Crippen molar-refractivity contribution in [3.05, 3.63) is 35.6 Å². The van der Waals surface area contributed by atoms with E-state index in [4.69, 9.17) is 10.5 Å². The number of hydrogen-bond acceptors (Lipinski definition) is 3. The molecule has 0 fully saturated rings. The Balaban J connectivity index is 2.48. The number of benzene rings is 1. The maximum atomic E-state index is 12.6. The summed E-state index contributed by atoms with van der Waals surface area (Å²) in [6.07, 6.45) is 0.901. The molecule has 16 heavy (non-hydrogen) atoms. The molecule has 0 aliphatic carbocycles. The van der Waals surface area contributed by atoms with Crippen LogP contribution in [0.5, 0.6) is 0 Å². The predicted molar refractivity (Wildman–Crippen MR) is 59.8 cm³/mol. The maximum absolute atomic E-state index is 12.6. The lowest BCUT2D eigenvalue weighted by Gasteiger charge is -2.09. The molecule has 1 aromatic carbocycles. The lowest BCUT2D eigenvalue weighted by molar-refractivity contribution is 0.0967. The quantitative estimate of drug-likeness (QED) is 0.750. The third kappa shape index (κ3) is 4.08. The molecule has 88 valence electrons. The van der Waals surface area contributed by atoms with Crippen molar-refractivity contribution in [3.63, 3.8) is 0 Å². The average Bonchev–Trinajstić information content (AvgIpc) is 2.27. The van der Waals surface area contributed by atoms with E-state index in [0.29, 0.717) is 18.6 Å². The Labute approximate surface area is 94.4 Å². The first-order valence-electron chi connectivity index (χ1n) is 5.16. The highest BCUT2D eigenvalue weighted by atomic mass is 19.1. The van der Waals surface area contributed by atoms with Gasteiger partial charge in [-0.1, -0.05) is 0 Å². The Kier molecular flexibility index (Phi) is 5.08. The van der Waals surface area contributed by atoms with Crippen molar-refractivity contribution in [1.82, 2.24) is 0 Å². The first-order valence-corrected chi connectivity index (χ1v) is 5.16. The van der Waals surface area contributed by atoms with E-state index in [2.05, 4.69) is 0 Å². The number of ketones is 1. The van der Waals surface area contributed by atoms with E-state index in [1.807, 2.05) is 0 Å². The van der Waals surface area contributed by atoms with Crippen LogP contribution in [0.15, 0.2) is 24.3 Å². The van der Waals surface area contributed by atoms with Crippen LogP contribution in [-0.2, 0) is 4.74 Å². The number of halogens is 1. The average molecular weight is 225 g/mol. The first-order chi connectivity index (χ1) is 7.63. The molecule has 0 amide bonds. The van der Waals surface area contributed by atoms with Crippen LogP contribution in [-0.4, -0.2) is 25.5 Å². The Hall–Kier alpha value is -1.26. The summed E-state index contributed by atoms with van der Waals surface area (Å²) >= 11 is 0. The summed E-state index contributed by atoms with van der Waals surface area (Å²) in [6.45, 7) is 0.540. The standard InChI is InChI=1S/C12H16FNO2/c1-16-7-6-11(14)8-12(15)9-2-4-10(13)5-3-9/h2-5,11H,6-8,14H2,1H3. The van der Waals surface area contributed by atoms with Gasteiger partial charge in [0.15, 0.2) is 5.78 Å². The van der Waals surface area contributed by atoms with Crippen molar-refractivity contribution >= 4 is 5.78 Å². The summed E-state index contributed by atoms with van der Waals surface area (Å²) in [7, 11) is 1.59. The Bertz CT molecular complexity index is 337. The molecule has 0 bridgehead atoms. The fraction of sp³-hybridized carbons (Fsp3) is 0.417. The van der Waals surface area contributed by atoms with Crippen molar-refractivity contribution in [2.75, 3.05) is 13.7 Å². The third-order valence-electron chi connectivity index (χ3n) is 2.31. The van der Waals surface area contributed by atoms with Crippen LogP contribution in [0.1, 0.15) is 23.2 Å². The molecule has 0 heterocycles. The van der Waals surface area contributed by atoms with Gasteiger partial charge in [-0.25, -0.2) is 4.39 Å². The largest absolute Gasteiger partial charge is 0.385 e. The number of hydrogen-bond donors (Lipinski definition) is 1. The first kappa shape index (κ1) is 12.8. The molecule has 1 atom stereocenters. The number of methoxy groups -OCH3 is 1. The number of ether oxygens (including phenoxy) is 1. The summed E-state index contributed by atoms with van der Waals surface area (Å²) in [5.74, 6) is -0.413. The van der Waals surface area contributed by atoms with Crippen LogP contribution in [0.25, 0.3) is 0 Å². The van der Waals surface area contributed by atoms with Crippen molar-refractivity contribution in [1.29, 1.82) is 0 Å². The molecule has 0 aromatic heterocycles. The van der Waals surface area contributed by atoms with Gasteiger partial charge in [0.2, 0.25) is 0 Å². The Morgan fingerprint density at radius 1 is 1.44 bits per heavy atom. The van der Waals surface area contributed by atoms with Crippen molar-refractivity contribution in [2.45, 2.75) is 18.9 Å². The summed E-state index contributed by atoms with van der Waals surface area (Å²) in [5.41, 5.74) is 6.25. The predicted octanol–water partition coefficient (Wildman–Crippen LogP) is 1.76. The lowest BCUT2D eigenvalue weighted by atomic mass is 10.0. The summed E-state index contributed by atoms with van der Waals surface area (Å²) in [5, 5.41) is 0. The third-order valence-corrected chi connectivity index (χ3v) is 2.31. The van der Waals surface area contributed by atoms with Crippen LogP contribution in [0, 0.1) is 5.82 Å². The second kappa shape index (κ2) is 6.35. The molecular weight excluding hydrogens is 209 g/mol. The van der Waals surface area contributed by atoms with Gasteiger partial charge in [0, 0.05) is 31.7 Å². The number of carbonyl (C=O) groups excluding carboxylic acids is 1. The minimum Gasteiger partial charge on any atom is -0.385 e. The molecule has 0 spiro atoms. The van der Waals surface area contributed by atoms with Gasteiger partial charge >= 0.3 is 0 Å². The monoisotopic (exact) mass is 225 g/mol. The second-order valence-corrected chi connectivity index (χ2v) is 3.68. The highest BCUT2D eigenvalue weighted by Gasteiger charge is 2.11. The van der Waals surface area contributed by atoms with Gasteiger partial charge < -0.3 is 10.5 Å². The van der Waals surface area contributed by atoms with Gasteiger partial charge in [0.25, 0.3) is 0 Å². The van der Waals surface area contributed by atoms with E-state index >= 15 is 0 Å². The molecule has 1 rings (SSSR count). The molecule has 0 saturated carbocycles. The maximum Gasteiger partial charge on any atom is 0.164 e. The number of rotatable bonds is 6. The van der Waals surface area contributed by atoms with Gasteiger partial charge in [-0.2, -0.15) is 0 Å². The number of carbonyl (C=O) groups is 1. The normalized spacial score (nSPS) is 12.4. The van der Waals surface area contributed by atoms with E-state index in [9.17, 15) is 9.18 Å². The minimum absolute atomic E-state index is 0.0661. The zero-order valence-corrected chi connectivity index (χ0v) is 9.28. The van der Waals surface area contributed by atoms with E-state index in [0.717, 1.165) is 0 Å². The van der Waals surface area contributed by atoms with E-state index in [1.54, 1.807) is 7.11 Å². The molecule has 1 unspecified atom stereocenters. The highest BCUT2D eigenvalue weighted by molar-refractivity contribution is 5.96. The molecule has 4 heteroatoms.